The Morgan fingerprint density at radius 3 is 2.57 bits per heavy atom. The van der Waals surface area contributed by atoms with Crippen LogP contribution in [0.1, 0.15) is 18.5 Å². The van der Waals surface area contributed by atoms with E-state index in [0.29, 0.717) is 6.61 Å². The maximum atomic E-state index is 12.6. The molecule has 0 bridgehead atoms. The first kappa shape index (κ1) is 14.4. The lowest BCUT2D eigenvalue weighted by molar-refractivity contribution is -0.133. The molecule has 0 saturated carbocycles. The van der Waals surface area contributed by atoms with Crippen molar-refractivity contribution in [3.63, 3.8) is 0 Å². The first-order valence-electron chi connectivity index (χ1n) is 7.87. The number of thiocarbonyl (C=S) groups is 1. The summed E-state index contributed by atoms with van der Waals surface area (Å²) in [5, 5.41) is 0.0921. The van der Waals surface area contributed by atoms with E-state index in [1.165, 1.54) is 4.90 Å². The van der Waals surface area contributed by atoms with Crippen LogP contribution < -0.4 is 0 Å². The summed E-state index contributed by atoms with van der Waals surface area (Å²) >= 11 is 5.13. The molecule has 1 unspecified atom stereocenters. The summed E-state index contributed by atoms with van der Waals surface area (Å²) in [7, 11) is 0. The molecule has 23 heavy (non-hydrogen) atoms. The highest BCUT2D eigenvalue weighted by molar-refractivity contribution is 7.80. The van der Waals surface area contributed by atoms with Gasteiger partial charge in [0.2, 0.25) is 0 Å². The molecule has 4 nitrogen and oxygen atoms in total. The monoisotopic (exact) mass is 328 g/mol. The van der Waals surface area contributed by atoms with Crippen LogP contribution >= 0.6 is 12.2 Å². The Balaban J connectivity index is 1.68. The van der Waals surface area contributed by atoms with Gasteiger partial charge < -0.3 is 9.47 Å². The van der Waals surface area contributed by atoms with Crippen LogP contribution in [0.4, 0.5) is 0 Å². The highest BCUT2D eigenvalue weighted by Gasteiger charge is 2.35. The number of nitrogens with zero attached hydrogens (tertiary/aromatic N) is 1. The van der Waals surface area contributed by atoms with Gasteiger partial charge in [-0.05, 0) is 23.3 Å². The predicted molar refractivity (Wildman–Crippen MR) is 90.7 cm³/mol. The minimum absolute atomic E-state index is 0.0921. The molecule has 3 rings (SSSR count). The van der Waals surface area contributed by atoms with Crippen LogP contribution in [-0.2, 0) is 20.9 Å². The molecule has 1 heterocycles. The molecule has 0 spiro atoms. The minimum Gasteiger partial charge on any atom is -0.468 e. The number of carbonyl (C=O) groups is 1. The highest BCUT2D eigenvalue weighted by atomic mass is 32.1. The van der Waals surface area contributed by atoms with Crippen LogP contribution in [0.25, 0.3) is 0 Å². The average molecular weight is 328 g/mol. The van der Waals surface area contributed by atoms with Crippen LogP contribution in [0, 0.1) is 0 Å². The molecule has 1 aliphatic rings. The van der Waals surface area contributed by atoms with E-state index >= 15 is 0 Å². The van der Waals surface area contributed by atoms with E-state index in [1.54, 1.807) is 0 Å². The largest absolute Gasteiger partial charge is 0.468 e. The van der Waals surface area contributed by atoms with Gasteiger partial charge in [-0.3, -0.25) is 9.69 Å². The molecule has 0 radical (unpaired) electrons. The summed E-state index contributed by atoms with van der Waals surface area (Å²) in [5.41, 5.74) is 1.82. The van der Waals surface area contributed by atoms with Gasteiger partial charge in [0.25, 0.3) is 11.1 Å². The van der Waals surface area contributed by atoms with Crippen molar-refractivity contribution < 1.29 is 15.6 Å². The van der Waals surface area contributed by atoms with Crippen molar-refractivity contribution in [2.45, 2.75) is 12.6 Å². The van der Waals surface area contributed by atoms with Gasteiger partial charge in [0.15, 0.2) is 0 Å². The van der Waals surface area contributed by atoms with Crippen molar-refractivity contribution in [2.75, 3.05) is 13.2 Å². The summed E-state index contributed by atoms with van der Waals surface area (Å²) in [4.78, 5) is 13.9. The lowest BCUT2D eigenvalue weighted by Crippen LogP contribution is -2.36. The molecule has 118 valence electrons. The first-order chi connectivity index (χ1) is 11.7. The fraction of sp³-hybridized carbons (Fsp3) is 0.222. The SMILES string of the molecule is [2H][C@H](OCc1ccccc1)C(=O)N1C(=S)OCC1c1ccccc1. The van der Waals surface area contributed by atoms with Gasteiger partial charge in [0.05, 0.1) is 14.0 Å². The van der Waals surface area contributed by atoms with E-state index in [9.17, 15) is 4.79 Å². The van der Waals surface area contributed by atoms with E-state index in [-0.39, 0.29) is 17.8 Å². The van der Waals surface area contributed by atoms with Gasteiger partial charge in [0.1, 0.15) is 13.2 Å². The van der Waals surface area contributed by atoms with E-state index < -0.39 is 12.5 Å². The molecule has 5 heteroatoms. The fourth-order valence-corrected chi connectivity index (χ4v) is 2.71. The number of rotatable bonds is 5. The van der Waals surface area contributed by atoms with E-state index in [2.05, 4.69) is 0 Å². The molecule has 2 atom stereocenters. The lowest BCUT2D eigenvalue weighted by Gasteiger charge is -2.21. The summed E-state index contributed by atoms with van der Waals surface area (Å²) in [6.07, 6.45) is 0. The second-order valence-electron chi connectivity index (χ2n) is 5.13. The quantitative estimate of drug-likeness (QED) is 0.791. The maximum absolute atomic E-state index is 12.6. The van der Waals surface area contributed by atoms with Gasteiger partial charge in [-0.1, -0.05) is 60.7 Å². The number of carbonyl (C=O) groups excluding carboxylic acids is 1. The Morgan fingerprint density at radius 1 is 1.22 bits per heavy atom. The van der Waals surface area contributed by atoms with Crippen molar-refractivity contribution >= 4 is 23.3 Å². The molecular formula is C18H17NO3S. The minimum atomic E-state index is -1.35. The molecule has 2 aromatic rings. The van der Waals surface area contributed by atoms with Gasteiger partial charge in [-0.25, -0.2) is 0 Å². The van der Waals surface area contributed by atoms with Crippen LogP contribution in [-0.4, -0.2) is 29.2 Å². The molecule has 1 amide bonds. The predicted octanol–water partition coefficient (Wildman–Crippen LogP) is 3.09. The van der Waals surface area contributed by atoms with Crippen molar-refractivity contribution in [1.29, 1.82) is 0 Å². The average Bonchev–Trinajstić information content (AvgIpc) is 3.02. The third-order valence-electron chi connectivity index (χ3n) is 3.57. The van der Waals surface area contributed by atoms with E-state index in [4.69, 9.17) is 23.1 Å². The van der Waals surface area contributed by atoms with Crippen LogP contribution in [0.5, 0.6) is 0 Å². The second-order valence-corrected chi connectivity index (χ2v) is 5.48. The molecule has 2 aromatic carbocycles. The molecular weight excluding hydrogens is 310 g/mol. The van der Waals surface area contributed by atoms with Gasteiger partial charge >= 0.3 is 0 Å². The van der Waals surface area contributed by atoms with Crippen LogP contribution in [0.15, 0.2) is 60.7 Å². The normalized spacial score (nSPS) is 19.1. The number of ether oxygens (including phenoxy) is 2. The Bertz CT molecular complexity index is 711. The van der Waals surface area contributed by atoms with Crippen molar-refractivity contribution in [3.8, 4) is 0 Å². The third-order valence-corrected chi connectivity index (χ3v) is 3.89. The molecule has 0 N–H and O–H groups in total. The Morgan fingerprint density at radius 2 is 1.87 bits per heavy atom. The fourth-order valence-electron chi connectivity index (χ4n) is 2.43. The topological polar surface area (TPSA) is 38.8 Å². The number of hydrogen-bond donors (Lipinski definition) is 0. The number of amides is 1. The molecule has 1 fully saturated rings. The second kappa shape index (κ2) is 7.35. The standard InChI is InChI=1S/C18H17NO3S/c20-17(13-21-11-14-7-3-1-4-8-14)19-16(12-22-18(19)23)15-9-5-2-6-10-15/h1-10,16H,11-13H2/i13D/t13-,16?/m0/s1. The zero-order valence-electron chi connectivity index (χ0n) is 13.4. The van der Waals surface area contributed by atoms with Crippen LogP contribution in [0.3, 0.4) is 0 Å². The van der Waals surface area contributed by atoms with E-state index in [1.807, 2.05) is 60.7 Å². The van der Waals surface area contributed by atoms with Gasteiger partial charge in [0, 0.05) is 0 Å². The summed E-state index contributed by atoms with van der Waals surface area (Å²) in [6, 6.07) is 18.6. The zero-order chi connectivity index (χ0) is 16.9. The van der Waals surface area contributed by atoms with Crippen molar-refractivity contribution in [3.05, 3.63) is 71.8 Å². The van der Waals surface area contributed by atoms with Crippen LogP contribution in [0.2, 0.25) is 0 Å². The summed E-state index contributed by atoms with van der Waals surface area (Å²) in [6.45, 7) is -0.867. The zero-order valence-corrected chi connectivity index (χ0v) is 13.2. The molecule has 0 aliphatic carbocycles. The van der Waals surface area contributed by atoms with Gasteiger partial charge in [-0.2, -0.15) is 0 Å². The molecule has 1 aliphatic heterocycles. The third kappa shape index (κ3) is 3.75. The number of benzene rings is 2. The maximum Gasteiger partial charge on any atom is 0.266 e. The smallest absolute Gasteiger partial charge is 0.266 e. The molecule has 0 aromatic heterocycles. The summed E-state index contributed by atoms with van der Waals surface area (Å²) in [5.74, 6) is -0.512. The van der Waals surface area contributed by atoms with Crippen molar-refractivity contribution in [1.82, 2.24) is 4.90 Å². The van der Waals surface area contributed by atoms with E-state index in [0.717, 1.165) is 11.1 Å². The van der Waals surface area contributed by atoms with Crippen molar-refractivity contribution in [2.24, 2.45) is 0 Å². The Kier molecular flexibility index (Phi) is 4.59. The Labute approximate surface area is 142 Å². The van der Waals surface area contributed by atoms with Gasteiger partial charge in [-0.15, -0.1) is 0 Å². The Hall–Kier alpha value is -2.24. The summed E-state index contributed by atoms with van der Waals surface area (Å²) < 4.78 is 18.8. The number of hydrogen-bond acceptors (Lipinski definition) is 4. The first-order valence-corrected chi connectivity index (χ1v) is 7.70. The lowest BCUT2D eigenvalue weighted by atomic mass is 10.1. The highest BCUT2D eigenvalue weighted by Crippen LogP contribution is 2.27. The molecule has 1 saturated heterocycles.